The summed E-state index contributed by atoms with van der Waals surface area (Å²) < 4.78 is 0. The molecule has 2 amide bonds. The fraction of sp³-hybridized carbons (Fsp3) is 0.417. The highest BCUT2D eigenvalue weighted by atomic mass is 16.2. The van der Waals surface area contributed by atoms with Gasteiger partial charge in [0.1, 0.15) is 0 Å². The number of hydrogen-bond donors (Lipinski definition) is 2. The number of amides is 2. The minimum absolute atomic E-state index is 0.0916. The van der Waals surface area contributed by atoms with E-state index >= 15 is 0 Å². The average molecular weight is 206 g/mol. The van der Waals surface area contributed by atoms with Gasteiger partial charge in [0.15, 0.2) is 0 Å². The summed E-state index contributed by atoms with van der Waals surface area (Å²) in [4.78, 5) is 11.1. The van der Waals surface area contributed by atoms with E-state index in [9.17, 15) is 4.79 Å². The van der Waals surface area contributed by atoms with Crippen molar-refractivity contribution in [2.45, 2.75) is 20.3 Å². The molecule has 0 spiro atoms. The predicted octanol–water partition coefficient (Wildman–Crippen LogP) is 1.86. The van der Waals surface area contributed by atoms with Crippen LogP contribution in [0.5, 0.6) is 0 Å². The summed E-state index contributed by atoms with van der Waals surface area (Å²) in [5, 5.41) is 5.51. The number of hydrogen-bond acceptors (Lipinski definition) is 1. The molecule has 3 nitrogen and oxygen atoms in total. The molecule has 0 heterocycles. The molecule has 1 aromatic rings. The molecular weight excluding hydrogens is 188 g/mol. The molecule has 0 unspecified atom stereocenters. The molecule has 2 N–H and O–H groups in total. The van der Waals surface area contributed by atoms with Gasteiger partial charge in [-0.2, -0.15) is 0 Å². The van der Waals surface area contributed by atoms with Crippen LogP contribution in [0, 0.1) is 6.92 Å². The van der Waals surface area contributed by atoms with Crippen molar-refractivity contribution in [1.29, 1.82) is 0 Å². The van der Waals surface area contributed by atoms with Crippen molar-refractivity contribution in [1.82, 2.24) is 10.6 Å². The van der Waals surface area contributed by atoms with Gasteiger partial charge in [-0.3, -0.25) is 0 Å². The van der Waals surface area contributed by atoms with Crippen molar-refractivity contribution < 1.29 is 4.79 Å². The SMILES string of the molecule is CCNC(=O)NCCc1ccccc1C. The summed E-state index contributed by atoms with van der Waals surface area (Å²) in [6, 6.07) is 8.13. The van der Waals surface area contributed by atoms with E-state index in [1.807, 2.05) is 19.1 Å². The van der Waals surface area contributed by atoms with Crippen molar-refractivity contribution in [3.63, 3.8) is 0 Å². The Labute approximate surface area is 90.9 Å². The summed E-state index contributed by atoms with van der Waals surface area (Å²) in [5.41, 5.74) is 2.56. The third-order valence-electron chi connectivity index (χ3n) is 2.28. The first-order valence-corrected chi connectivity index (χ1v) is 5.30. The van der Waals surface area contributed by atoms with Gasteiger partial charge >= 0.3 is 6.03 Å². The molecule has 0 aliphatic heterocycles. The molecule has 0 aromatic heterocycles. The van der Waals surface area contributed by atoms with Crippen LogP contribution in [0.25, 0.3) is 0 Å². The lowest BCUT2D eigenvalue weighted by Crippen LogP contribution is -2.36. The van der Waals surface area contributed by atoms with Gasteiger partial charge in [-0.1, -0.05) is 24.3 Å². The lowest BCUT2D eigenvalue weighted by atomic mass is 10.1. The van der Waals surface area contributed by atoms with Crippen LogP contribution in [0.15, 0.2) is 24.3 Å². The molecule has 0 saturated carbocycles. The van der Waals surface area contributed by atoms with Gasteiger partial charge < -0.3 is 10.6 Å². The molecule has 15 heavy (non-hydrogen) atoms. The van der Waals surface area contributed by atoms with Crippen molar-refractivity contribution in [3.05, 3.63) is 35.4 Å². The van der Waals surface area contributed by atoms with Gasteiger partial charge in [0.25, 0.3) is 0 Å². The van der Waals surface area contributed by atoms with E-state index in [4.69, 9.17) is 0 Å². The highest BCUT2D eigenvalue weighted by molar-refractivity contribution is 5.73. The summed E-state index contributed by atoms with van der Waals surface area (Å²) in [6.07, 6.45) is 0.879. The van der Waals surface area contributed by atoms with Crippen LogP contribution >= 0.6 is 0 Å². The number of carbonyl (C=O) groups excluding carboxylic acids is 1. The van der Waals surface area contributed by atoms with Crippen LogP contribution in [0.4, 0.5) is 4.79 Å². The molecule has 0 fully saturated rings. The molecule has 0 aliphatic carbocycles. The van der Waals surface area contributed by atoms with E-state index in [1.54, 1.807) is 0 Å². The zero-order valence-corrected chi connectivity index (χ0v) is 9.34. The molecule has 0 radical (unpaired) electrons. The lowest BCUT2D eigenvalue weighted by molar-refractivity contribution is 0.241. The fourth-order valence-electron chi connectivity index (χ4n) is 1.42. The third kappa shape index (κ3) is 4.02. The van der Waals surface area contributed by atoms with Gasteiger partial charge in [0.05, 0.1) is 0 Å². The number of nitrogens with one attached hydrogen (secondary N) is 2. The summed E-state index contributed by atoms with van der Waals surface area (Å²) in [6.45, 7) is 5.33. The minimum atomic E-state index is -0.0916. The monoisotopic (exact) mass is 206 g/mol. The zero-order chi connectivity index (χ0) is 11.1. The number of urea groups is 1. The Morgan fingerprint density at radius 2 is 2.00 bits per heavy atom. The lowest BCUT2D eigenvalue weighted by Gasteiger charge is -2.07. The molecule has 1 aromatic carbocycles. The van der Waals surface area contributed by atoms with Crippen LogP contribution in [0.3, 0.4) is 0 Å². The summed E-state index contributed by atoms with van der Waals surface area (Å²) in [7, 11) is 0. The van der Waals surface area contributed by atoms with Crippen molar-refractivity contribution in [2.24, 2.45) is 0 Å². The average Bonchev–Trinajstić information content (AvgIpc) is 2.21. The number of benzene rings is 1. The second kappa shape index (κ2) is 6.06. The maximum atomic E-state index is 11.1. The standard InChI is InChI=1S/C12H18N2O/c1-3-13-12(15)14-9-8-11-7-5-4-6-10(11)2/h4-7H,3,8-9H2,1-2H3,(H2,13,14,15). The molecule has 0 saturated heterocycles. The quantitative estimate of drug-likeness (QED) is 0.775. The number of aryl methyl sites for hydroxylation is 1. The van der Waals surface area contributed by atoms with E-state index in [1.165, 1.54) is 11.1 Å². The molecule has 0 atom stereocenters. The van der Waals surface area contributed by atoms with Gasteiger partial charge in [-0.15, -0.1) is 0 Å². The smallest absolute Gasteiger partial charge is 0.314 e. The van der Waals surface area contributed by atoms with Gasteiger partial charge in [0, 0.05) is 13.1 Å². The van der Waals surface area contributed by atoms with Crippen molar-refractivity contribution in [2.75, 3.05) is 13.1 Å². The van der Waals surface area contributed by atoms with E-state index < -0.39 is 0 Å². The topological polar surface area (TPSA) is 41.1 Å². The van der Waals surface area contributed by atoms with Crippen molar-refractivity contribution in [3.8, 4) is 0 Å². The summed E-state index contributed by atoms with van der Waals surface area (Å²) in [5.74, 6) is 0. The van der Waals surface area contributed by atoms with E-state index in [0.717, 1.165) is 6.42 Å². The largest absolute Gasteiger partial charge is 0.338 e. The fourth-order valence-corrected chi connectivity index (χ4v) is 1.42. The molecular formula is C12H18N2O. The Bertz CT molecular complexity index is 323. The highest BCUT2D eigenvalue weighted by Crippen LogP contribution is 2.06. The minimum Gasteiger partial charge on any atom is -0.338 e. The van der Waals surface area contributed by atoms with Gasteiger partial charge in [-0.05, 0) is 31.4 Å². The van der Waals surface area contributed by atoms with Gasteiger partial charge in [-0.25, -0.2) is 4.79 Å². The predicted molar refractivity (Wildman–Crippen MR) is 62.0 cm³/mol. The van der Waals surface area contributed by atoms with Crippen LogP contribution in [-0.4, -0.2) is 19.1 Å². The first-order valence-electron chi connectivity index (χ1n) is 5.30. The second-order valence-electron chi connectivity index (χ2n) is 3.46. The highest BCUT2D eigenvalue weighted by Gasteiger charge is 1.99. The van der Waals surface area contributed by atoms with Crippen LogP contribution in [-0.2, 0) is 6.42 Å². The number of rotatable bonds is 4. The maximum absolute atomic E-state index is 11.1. The van der Waals surface area contributed by atoms with Crippen LogP contribution in [0.2, 0.25) is 0 Å². The van der Waals surface area contributed by atoms with Gasteiger partial charge in [0.2, 0.25) is 0 Å². The Kier molecular flexibility index (Phi) is 4.68. The first kappa shape index (κ1) is 11.6. The Balaban J connectivity index is 2.32. The Hall–Kier alpha value is -1.51. The van der Waals surface area contributed by atoms with Crippen LogP contribution < -0.4 is 10.6 Å². The number of carbonyl (C=O) groups is 1. The Morgan fingerprint density at radius 3 is 2.67 bits per heavy atom. The van der Waals surface area contributed by atoms with E-state index in [2.05, 4.69) is 29.7 Å². The molecule has 82 valence electrons. The zero-order valence-electron chi connectivity index (χ0n) is 9.34. The Morgan fingerprint density at radius 1 is 1.27 bits per heavy atom. The van der Waals surface area contributed by atoms with Crippen molar-refractivity contribution >= 4 is 6.03 Å². The molecule has 0 aliphatic rings. The van der Waals surface area contributed by atoms with E-state index in [0.29, 0.717) is 13.1 Å². The van der Waals surface area contributed by atoms with E-state index in [-0.39, 0.29) is 6.03 Å². The molecule has 0 bridgehead atoms. The third-order valence-corrected chi connectivity index (χ3v) is 2.28. The normalized spacial score (nSPS) is 9.73. The summed E-state index contributed by atoms with van der Waals surface area (Å²) >= 11 is 0. The molecule has 1 rings (SSSR count). The molecule has 3 heteroatoms. The second-order valence-corrected chi connectivity index (χ2v) is 3.46. The van der Waals surface area contributed by atoms with Crippen LogP contribution in [0.1, 0.15) is 18.1 Å². The first-order chi connectivity index (χ1) is 7.24. The maximum Gasteiger partial charge on any atom is 0.314 e.